The molecular weight excluding hydrogens is 402 g/mol. The minimum absolute atomic E-state index is 0.0596. The van der Waals surface area contributed by atoms with Crippen LogP contribution in [0.3, 0.4) is 0 Å². The van der Waals surface area contributed by atoms with E-state index in [-0.39, 0.29) is 34.7 Å². The summed E-state index contributed by atoms with van der Waals surface area (Å²) in [5.41, 5.74) is 1.83. The van der Waals surface area contributed by atoms with E-state index in [4.69, 9.17) is 0 Å². The highest BCUT2D eigenvalue weighted by atomic mass is 32.2. The lowest BCUT2D eigenvalue weighted by Crippen LogP contribution is -2.31. The highest BCUT2D eigenvalue weighted by Crippen LogP contribution is 2.17. The third-order valence-electron chi connectivity index (χ3n) is 4.64. The van der Waals surface area contributed by atoms with Gasteiger partial charge in [0, 0.05) is 36.8 Å². The van der Waals surface area contributed by atoms with E-state index in [9.17, 15) is 18.0 Å². The van der Waals surface area contributed by atoms with Crippen LogP contribution < -0.4 is 10.6 Å². The molecule has 2 amide bonds. The van der Waals surface area contributed by atoms with Gasteiger partial charge in [-0.15, -0.1) is 0 Å². The predicted molar refractivity (Wildman–Crippen MR) is 118 cm³/mol. The van der Waals surface area contributed by atoms with Crippen LogP contribution in [0.15, 0.2) is 53.4 Å². The second-order valence-corrected chi connectivity index (χ2v) is 9.08. The molecule has 0 saturated carbocycles. The number of carbonyl (C=O) groups excluding carboxylic acids is 2. The lowest BCUT2D eigenvalue weighted by molar-refractivity contribution is -0.118. The van der Waals surface area contributed by atoms with Gasteiger partial charge in [-0.25, -0.2) is 8.42 Å². The molecule has 0 bridgehead atoms. The molecule has 0 aliphatic carbocycles. The van der Waals surface area contributed by atoms with Crippen molar-refractivity contribution in [2.75, 3.05) is 18.4 Å². The van der Waals surface area contributed by atoms with E-state index in [2.05, 4.69) is 10.6 Å². The van der Waals surface area contributed by atoms with Crippen LogP contribution in [-0.4, -0.2) is 37.6 Å². The molecule has 0 spiro atoms. The van der Waals surface area contributed by atoms with Crippen LogP contribution >= 0.6 is 0 Å². The predicted octanol–water partition coefficient (Wildman–Crippen LogP) is 3.24. The zero-order chi connectivity index (χ0) is 22.3. The zero-order valence-corrected chi connectivity index (χ0v) is 18.6. The largest absolute Gasteiger partial charge is 0.348 e. The number of hydrogen-bond donors (Lipinski definition) is 2. The van der Waals surface area contributed by atoms with E-state index in [0.717, 1.165) is 5.56 Å². The standard InChI is InChI=1S/C22H29N3O4S/c1-5-25(6-2)30(28,29)20-9-7-8-18(14-20)22(27)23-15-17-10-12-19(13-11-17)24-21(26)16(3)4/h7-14,16H,5-6,15H2,1-4H3,(H,23,27)(H,24,26). The summed E-state index contributed by atoms with van der Waals surface area (Å²) in [6.45, 7) is 8.20. The van der Waals surface area contributed by atoms with E-state index >= 15 is 0 Å². The molecule has 0 saturated heterocycles. The molecule has 0 aliphatic heterocycles. The first-order valence-electron chi connectivity index (χ1n) is 9.97. The molecule has 0 heterocycles. The average Bonchev–Trinajstić information content (AvgIpc) is 2.73. The molecule has 2 aromatic rings. The maximum Gasteiger partial charge on any atom is 0.251 e. The molecule has 8 heteroatoms. The Morgan fingerprint density at radius 2 is 1.63 bits per heavy atom. The quantitative estimate of drug-likeness (QED) is 0.637. The van der Waals surface area contributed by atoms with E-state index in [1.165, 1.54) is 16.4 Å². The molecule has 0 unspecified atom stereocenters. The normalized spacial score (nSPS) is 11.5. The van der Waals surface area contributed by atoms with E-state index in [1.54, 1.807) is 38.1 Å². The summed E-state index contributed by atoms with van der Waals surface area (Å²) in [5, 5.41) is 5.61. The highest BCUT2D eigenvalue weighted by molar-refractivity contribution is 7.89. The van der Waals surface area contributed by atoms with Gasteiger partial charge in [0.05, 0.1) is 4.90 Å². The Kier molecular flexibility index (Phi) is 8.14. The molecule has 7 nitrogen and oxygen atoms in total. The van der Waals surface area contributed by atoms with Gasteiger partial charge in [0.25, 0.3) is 5.91 Å². The molecule has 0 aromatic heterocycles. The topological polar surface area (TPSA) is 95.6 Å². The molecule has 0 fully saturated rings. The van der Waals surface area contributed by atoms with Gasteiger partial charge in [-0.05, 0) is 35.9 Å². The van der Waals surface area contributed by atoms with E-state index < -0.39 is 10.0 Å². The van der Waals surface area contributed by atoms with Gasteiger partial charge < -0.3 is 10.6 Å². The minimum atomic E-state index is -3.63. The van der Waals surface area contributed by atoms with Crippen molar-refractivity contribution in [3.05, 3.63) is 59.7 Å². The van der Waals surface area contributed by atoms with Crippen LogP contribution in [0.4, 0.5) is 5.69 Å². The van der Waals surface area contributed by atoms with Crippen molar-refractivity contribution in [1.29, 1.82) is 0 Å². The van der Waals surface area contributed by atoms with Crippen molar-refractivity contribution >= 4 is 27.5 Å². The Balaban J connectivity index is 2.04. The van der Waals surface area contributed by atoms with Crippen molar-refractivity contribution < 1.29 is 18.0 Å². The van der Waals surface area contributed by atoms with Gasteiger partial charge in [0.2, 0.25) is 15.9 Å². The van der Waals surface area contributed by atoms with Crippen molar-refractivity contribution in [3.63, 3.8) is 0 Å². The number of benzene rings is 2. The van der Waals surface area contributed by atoms with Crippen molar-refractivity contribution in [2.24, 2.45) is 5.92 Å². The number of sulfonamides is 1. The maximum atomic E-state index is 12.7. The summed E-state index contributed by atoms with van der Waals surface area (Å²) < 4.78 is 26.7. The Morgan fingerprint density at radius 3 is 2.20 bits per heavy atom. The van der Waals surface area contributed by atoms with Crippen LogP contribution in [0.2, 0.25) is 0 Å². The molecule has 2 rings (SSSR count). The fourth-order valence-electron chi connectivity index (χ4n) is 2.79. The third-order valence-corrected chi connectivity index (χ3v) is 6.68. The van der Waals surface area contributed by atoms with E-state index in [1.807, 2.05) is 26.0 Å². The highest BCUT2D eigenvalue weighted by Gasteiger charge is 2.22. The van der Waals surface area contributed by atoms with Crippen LogP contribution in [0, 0.1) is 5.92 Å². The van der Waals surface area contributed by atoms with Crippen LogP contribution in [0.1, 0.15) is 43.6 Å². The van der Waals surface area contributed by atoms with Crippen LogP contribution in [-0.2, 0) is 21.4 Å². The summed E-state index contributed by atoms with van der Waals surface area (Å²) in [7, 11) is -3.63. The molecule has 30 heavy (non-hydrogen) atoms. The number of amides is 2. The Labute approximate surface area is 178 Å². The van der Waals surface area contributed by atoms with E-state index in [0.29, 0.717) is 18.8 Å². The number of nitrogens with zero attached hydrogens (tertiary/aromatic N) is 1. The zero-order valence-electron chi connectivity index (χ0n) is 17.8. The Hall–Kier alpha value is -2.71. The lowest BCUT2D eigenvalue weighted by Gasteiger charge is -2.18. The van der Waals surface area contributed by atoms with Gasteiger partial charge >= 0.3 is 0 Å². The van der Waals surface area contributed by atoms with Crippen LogP contribution in [0.5, 0.6) is 0 Å². The number of nitrogens with one attached hydrogen (secondary N) is 2. The van der Waals surface area contributed by atoms with Crippen LogP contribution in [0.25, 0.3) is 0 Å². The molecule has 0 atom stereocenters. The third kappa shape index (κ3) is 5.90. The fourth-order valence-corrected chi connectivity index (χ4v) is 4.29. The van der Waals surface area contributed by atoms with Gasteiger partial charge in [-0.2, -0.15) is 4.31 Å². The number of hydrogen-bond acceptors (Lipinski definition) is 4. The fraction of sp³-hybridized carbons (Fsp3) is 0.364. The molecule has 2 aromatic carbocycles. The van der Waals surface area contributed by atoms with Crippen molar-refractivity contribution in [2.45, 2.75) is 39.1 Å². The lowest BCUT2D eigenvalue weighted by atomic mass is 10.1. The maximum absolute atomic E-state index is 12.7. The summed E-state index contributed by atoms with van der Waals surface area (Å²) in [4.78, 5) is 24.4. The van der Waals surface area contributed by atoms with Crippen molar-refractivity contribution in [1.82, 2.24) is 9.62 Å². The molecule has 162 valence electrons. The molecule has 0 aliphatic rings. The Morgan fingerprint density at radius 1 is 1.00 bits per heavy atom. The number of carbonyl (C=O) groups is 2. The molecule has 0 radical (unpaired) electrons. The smallest absolute Gasteiger partial charge is 0.251 e. The van der Waals surface area contributed by atoms with Gasteiger partial charge in [-0.3, -0.25) is 9.59 Å². The minimum Gasteiger partial charge on any atom is -0.348 e. The first-order chi connectivity index (χ1) is 14.2. The second kappa shape index (κ2) is 10.4. The number of rotatable bonds is 9. The first-order valence-corrected chi connectivity index (χ1v) is 11.4. The summed E-state index contributed by atoms with van der Waals surface area (Å²) in [6, 6.07) is 13.2. The second-order valence-electron chi connectivity index (χ2n) is 7.14. The SMILES string of the molecule is CCN(CC)S(=O)(=O)c1cccc(C(=O)NCc2ccc(NC(=O)C(C)C)cc2)c1. The van der Waals surface area contributed by atoms with Crippen molar-refractivity contribution in [3.8, 4) is 0 Å². The van der Waals surface area contributed by atoms with Gasteiger partial charge in [-0.1, -0.05) is 45.9 Å². The molecular formula is C22H29N3O4S. The summed E-state index contributed by atoms with van der Waals surface area (Å²) >= 11 is 0. The summed E-state index contributed by atoms with van der Waals surface area (Å²) in [5.74, 6) is -0.523. The molecule has 2 N–H and O–H groups in total. The summed E-state index contributed by atoms with van der Waals surface area (Å²) in [6.07, 6.45) is 0. The van der Waals surface area contributed by atoms with Gasteiger partial charge in [0.1, 0.15) is 0 Å². The number of anilines is 1. The van der Waals surface area contributed by atoms with Gasteiger partial charge in [0.15, 0.2) is 0 Å². The first kappa shape index (κ1) is 23.6. The Bertz CT molecular complexity index is 982. The monoisotopic (exact) mass is 431 g/mol. The average molecular weight is 432 g/mol.